The van der Waals surface area contributed by atoms with Gasteiger partial charge >= 0.3 is 5.97 Å². The van der Waals surface area contributed by atoms with Gasteiger partial charge in [0.05, 0.1) is 18.6 Å². The van der Waals surface area contributed by atoms with E-state index in [1.165, 1.54) is 18.3 Å². The molecule has 1 aromatic carbocycles. The predicted octanol–water partition coefficient (Wildman–Crippen LogP) is 3.94. The van der Waals surface area contributed by atoms with Gasteiger partial charge in [-0.1, -0.05) is 19.1 Å². The molecular weight excluding hydrogens is 364 g/mol. The highest BCUT2D eigenvalue weighted by Crippen LogP contribution is 2.34. The number of carbonyl (C=O) groups excluding carboxylic acids is 3. The summed E-state index contributed by atoms with van der Waals surface area (Å²) in [6.45, 7) is 7.38. The predicted molar refractivity (Wildman–Crippen MR) is 107 cm³/mol. The smallest absolute Gasteiger partial charge is 0.341 e. The van der Waals surface area contributed by atoms with E-state index in [0.717, 1.165) is 16.0 Å². The molecular formula is C20H24N2O4S. The van der Waals surface area contributed by atoms with E-state index in [0.29, 0.717) is 22.7 Å². The number of nitrogens with one attached hydrogen (secondary N) is 2. The molecule has 0 fully saturated rings. The topological polar surface area (TPSA) is 84.5 Å². The molecule has 0 atom stereocenters. The van der Waals surface area contributed by atoms with Crippen LogP contribution in [0.25, 0.3) is 0 Å². The first-order valence-corrected chi connectivity index (χ1v) is 9.63. The van der Waals surface area contributed by atoms with Crippen molar-refractivity contribution in [1.82, 2.24) is 0 Å². The van der Waals surface area contributed by atoms with Crippen molar-refractivity contribution in [1.29, 1.82) is 0 Å². The molecule has 0 saturated heterocycles. The van der Waals surface area contributed by atoms with Gasteiger partial charge in [-0.15, -0.1) is 11.3 Å². The first kappa shape index (κ1) is 20.6. The molecule has 0 unspecified atom stereocenters. The van der Waals surface area contributed by atoms with E-state index in [9.17, 15) is 14.4 Å². The minimum atomic E-state index is -0.409. The van der Waals surface area contributed by atoms with Crippen LogP contribution >= 0.6 is 11.3 Å². The summed E-state index contributed by atoms with van der Waals surface area (Å²) < 4.78 is 5.15. The Labute approximate surface area is 162 Å². The molecule has 0 spiro atoms. The lowest BCUT2D eigenvalue weighted by Crippen LogP contribution is -2.17. The fraction of sp³-hybridized carbons (Fsp3) is 0.350. The lowest BCUT2D eigenvalue weighted by molar-refractivity contribution is -0.116. The number of carbonyl (C=O) groups is 3. The number of hydrogen-bond donors (Lipinski definition) is 2. The van der Waals surface area contributed by atoms with Gasteiger partial charge in [0.15, 0.2) is 0 Å². The highest BCUT2D eigenvalue weighted by molar-refractivity contribution is 7.16. The van der Waals surface area contributed by atoms with Gasteiger partial charge in [-0.3, -0.25) is 9.59 Å². The maximum atomic E-state index is 12.5. The first-order chi connectivity index (χ1) is 12.8. The largest absolute Gasteiger partial charge is 0.462 e. The van der Waals surface area contributed by atoms with Crippen LogP contribution in [0.2, 0.25) is 0 Å². The molecule has 0 saturated carbocycles. The number of aryl methyl sites for hydroxylation is 1. The van der Waals surface area contributed by atoms with Crippen molar-refractivity contribution >= 4 is 39.8 Å². The van der Waals surface area contributed by atoms with Gasteiger partial charge in [0, 0.05) is 17.5 Å². The molecule has 144 valence electrons. The Morgan fingerprint density at radius 3 is 2.30 bits per heavy atom. The summed E-state index contributed by atoms with van der Waals surface area (Å²) in [4.78, 5) is 36.8. The number of rotatable bonds is 7. The molecule has 7 heteroatoms. The average Bonchev–Trinajstić information content (AvgIpc) is 2.91. The molecule has 0 aliphatic rings. The van der Waals surface area contributed by atoms with E-state index < -0.39 is 5.97 Å². The number of esters is 1. The number of amides is 2. The normalized spacial score (nSPS) is 10.4. The van der Waals surface area contributed by atoms with Crippen molar-refractivity contribution in [2.45, 2.75) is 40.5 Å². The zero-order chi connectivity index (χ0) is 20.0. The molecule has 1 aromatic heterocycles. The summed E-state index contributed by atoms with van der Waals surface area (Å²) in [5.41, 5.74) is 2.85. The van der Waals surface area contributed by atoms with Crippen molar-refractivity contribution < 1.29 is 19.1 Å². The fourth-order valence-corrected chi connectivity index (χ4v) is 3.93. The lowest BCUT2D eigenvalue weighted by atomic mass is 10.1. The third kappa shape index (κ3) is 5.40. The van der Waals surface area contributed by atoms with E-state index in [-0.39, 0.29) is 24.8 Å². The molecule has 6 nitrogen and oxygen atoms in total. The van der Waals surface area contributed by atoms with Crippen LogP contribution in [0, 0.1) is 6.92 Å². The Kier molecular flexibility index (Phi) is 7.12. The van der Waals surface area contributed by atoms with Crippen LogP contribution in [0.4, 0.5) is 10.7 Å². The molecule has 27 heavy (non-hydrogen) atoms. The maximum Gasteiger partial charge on any atom is 0.341 e. The van der Waals surface area contributed by atoms with Crippen molar-refractivity contribution in [2.24, 2.45) is 0 Å². The third-order valence-electron chi connectivity index (χ3n) is 3.93. The fourth-order valence-electron chi connectivity index (χ4n) is 2.78. The van der Waals surface area contributed by atoms with E-state index in [4.69, 9.17) is 4.74 Å². The molecule has 0 bridgehead atoms. The molecule has 2 N–H and O–H groups in total. The van der Waals surface area contributed by atoms with Gasteiger partial charge in [0.2, 0.25) is 11.8 Å². The Balaban J connectivity index is 2.13. The second-order valence-corrected chi connectivity index (χ2v) is 7.24. The number of ether oxygens (including phenoxy) is 1. The lowest BCUT2D eigenvalue weighted by Gasteiger charge is -2.08. The number of thiophene rings is 1. The van der Waals surface area contributed by atoms with Crippen LogP contribution in [-0.4, -0.2) is 24.4 Å². The number of hydrogen-bond acceptors (Lipinski definition) is 5. The van der Waals surface area contributed by atoms with Crippen molar-refractivity contribution in [3.63, 3.8) is 0 Å². The Hall–Kier alpha value is -2.67. The zero-order valence-corrected chi connectivity index (χ0v) is 16.8. The van der Waals surface area contributed by atoms with Gasteiger partial charge in [0.25, 0.3) is 0 Å². The van der Waals surface area contributed by atoms with Crippen LogP contribution in [0.15, 0.2) is 24.3 Å². The second-order valence-electron chi connectivity index (χ2n) is 6.02. The van der Waals surface area contributed by atoms with E-state index >= 15 is 0 Å². The second kappa shape index (κ2) is 9.32. The summed E-state index contributed by atoms with van der Waals surface area (Å²) in [7, 11) is 0. The van der Waals surface area contributed by atoms with Crippen molar-refractivity contribution in [3.8, 4) is 0 Å². The highest BCUT2D eigenvalue weighted by atomic mass is 32.1. The summed E-state index contributed by atoms with van der Waals surface area (Å²) in [6.07, 6.45) is 0.859. The summed E-state index contributed by atoms with van der Waals surface area (Å²) in [5.74, 6) is -0.767. The Morgan fingerprint density at radius 2 is 1.74 bits per heavy atom. The minimum absolute atomic E-state index is 0.146. The Morgan fingerprint density at radius 1 is 1.07 bits per heavy atom. The van der Waals surface area contributed by atoms with Crippen molar-refractivity contribution in [2.75, 3.05) is 17.2 Å². The average molecular weight is 388 g/mol. The summed E-state index contributed by atoms with van der Waals surface area (Å²) in [6, 6.07) is 7.07. The highest BCUT2D eigenvalue weighted by Gasteiger charge is 2.23. The molecule has 0 aliphatic heterocycles. The molecule has 1 heterocycles. The number of benzene rings is 1. The van der Waals surface area contributed by atoms with E-state index in [1.807, 2.05) is 13.8 Å². The molecule has 2 rings (SSSR count). The zero-order valence-electron chi connectivity index (χ0n) is 16.0. The van der Waals surface area contributed by atoms with Gasteiger partial charge in [-0.05, 0) is 43.5 Å². The van der Waals surface area contributed by atoms with Crippen LogP contribution in [0.5, 0.6) is 0 Å². The monoisotopic (exact) mass is 388 g/mol. The third-order valence-corrected chi connectivity index (χ3v) is 5.00. The minimum Gasteiger partial charge on any atom is -0.462 e. The van der Waals surface area contributed by atoms with Crippen LogP contribution in [0.1, 0.15) is 47.1 Å². The van der Waals surface area contributed by atoms with Gasteiger partial charge in [0.1, 0.15) is 5.00 Å². The number of anilines is 2. The molecule has 0 aliphatic carbocycles. The summed E-state index contributed by atoms with van der Waals surface area (Å²) >= 11 is 1.39. The van der Waals surface area contributed by atoms with E-state index in [1.54, 1.807) is 31.2 Å². The van der Waals surface area contributed by atoms with Gasteiger partial charge < -0.3 is 15.4 Å². The first-order valence-electron chi connectivity index (χ1n) is 8.81. The molecule has 0 radical (unpaired) electrons. The van der Waals surface area contributed by atoms with Crippen LogP contribution in [-0.2, 0) is 27.2 Å². The van der Waals surface area contributed by atoms with Crippen LogP contribution in [0.3, 0.4) is 0 Å². The summed E-state index contributed by atoms with van der Waals surface area (Å²) in [5, 5.41) is 6.06. The molecule has 2 amide bonds. The Bertz CT molecular complexity index is 840. The van der Waals surface area contributed by atoms with Crippen molar-refractivity contribution in [3.05, 3.63) is 45.8 Å². The SMILES string of the molecule is CCOC(=O)c1c(NC(=O)Cc2ccc(NC(C)=O)cc2)sc(C)c1CC. The van der Waals surface area contributed by atoms with E-state index in [2.05, 4.69) is 10.6 Å². The van der Waals surface area contributed by atoms with Gasteiger partial charge in [-0.25, -0.2) is 4.79 Å². The standard InChI is InChI=1S/C20H24N2O4S/c1-5-16-12(3)27-19(18(16)20(25)26-6-2)22-17(24)11-14-7-9-15(10-8-14)21-13(4)23/h7-10H,5-6,11H2,1-4H3,(H,21,23)(H,22,24). The van der Waals surface area contributed by atoms with Crippen LogP contribution < -0.4 is 10.6 Å². The maximum absolute atomic E-state index is 12.5. The van der Waals surface area contributed by atoms with Gasteiger partial charge in [-0.2, -0.15) is 0 Å². The molecule has 2 aromatic rings. The quantitative estimate of drug-likeness (QED) is 0.704.